The zero-order valence-electron chi connectivity index (χ0n) is 17.7. The molecule has 0 aromatic rings. The molecule has 0 aliphatic rings. The molecule has 0 aliphatic heterocycles. The lowest BCUT2D eigenvalue weighted by atomic mass is 9.99. The first-order valence-corrected chi connectivity index (χ1v) is 9.64. The zero-order valence-corrected chi connectivity index (χ0v) is 17.7. The fourth-order valence-electron chi connectivity index (χ4n) is 2.42. The van der Waals surface area contributed by atoms with Gasteiger partial charge in [-0.2, -0.15) is 0 Å². The van der Waals surface area contributed by atoms with E-state index < -0.39 is 72.7 Å². The summed E-state index contributed by atoms with van der Waals surface area (Å²) >= 11 is 0. The number of carbonyl (C=O) groups is 5. The fraction of sp³-hybridized carbons (Fsp3) is 0.722. The number of hydrogen-bond donors (Lipinski definition) is 7. The number of carboxylic acids is 1. The van der Waals surface area contributed by atoms with E-state index in [1.165, 1.54) is 0 Å². The van der Waals surface area contributed by atoms with Crippen LogP contribution < -0.4 is 27.4 Å². The summed E-state index contributed by atoms with van der Waals surface area (Å²) in [5, 5.41) is 25.3. The number of nitrogens with two attached hydrogens (primary N) is 2. The molecule has 0 rings (SSSR count). The van der Waals surface area contributed by atoms with Crippen molar-refractivity contribution in [2.75, 3.05) is 6.61 Å². The average molecular weight is 431 g/mol. The molecule has 0 bridgehead atoms. The standard InChI is InChI=1S/C18H33N5O7/c1-5-9(4)13(20)17(28)21-10(6-12(19)25)15(26)22-11(7-24)16(27)23-14(8(2)3)18(29)30/h8-11,13-14,24H,5-7,20H2,1-4H3,(H2,19,25)(H,21,28)(H,22,26)(H,23,27)(H,29,30). The summed E-state index contributed by atoms with van der Waals surface area (Å²) in [7, 11) is 0. The number of amides is 4. The largest absolute Gasteiger partial charge is 0.480 e. The molecular formula is C18H33N5O7. The molecule has 0 aromatic carbocycles. The Morgan fingerprint density at radius 1 is 0.900 bits per heavy atom. The van der Waals surface area contributed by atoms with Gasteiger partial charge in [0.25, 0.3) is 0 Å². The molecule has 0 aromatic heterocycles. The third kappa shape index (κ3) is 8.74. The Morgan fingerprint density at radius 3 is 1.80 bits per heavy atom. The van der Waals surface area contributed by atoms with E-state index in [1.54, 1.807) is 20.8 Å². The van der Waals surface area contributed by atoms with Crippen molar-refractivity contribution in [3.8, 4) is 0 Å². The molecule has 172 valence electrons. The van der Waals surface area contributed by atoms with E-state index in [4.69, 9.17) is 16.6 Å². The fourth-order valence-corrected chi connectivity index (χ4v) is 2.42. The Labute approximate surface area is 175 Å². The highest BCUT2D eigenvalue weighted by Crippen LogP contribution is 2.06. The van der Waals surface area contributed by atoms with Crippen LogP contribution in [-0.4, -0.2) is 70.6 Å². The Hall–Kier alpha value is -2.73. The SMILES string of the molecule is CCC(C)C(N)C(=O)NC(CC(N)=O)C(=O)NC(CO)C(=O)NC(C(=O)O)C(C)C. The molecule has 0 saturated carbocycles. The zero-order chi connectivity index (χ0) is 23.6. The first kappa shape index (κ1) is 27.3. The molecule has 4 amide bonds. The van der Waals surface area contributed by atoms with Gasteiger partial charge in [0, 0.05) is 0 Å². The van der Waals surface area contributed by atoms with E-state index in [0.29, 0.717) is 6.42 Å². The van der Waals surface area contributed by atoms with Crippen LogP contribution in [0.5, 0.6) is 0 Å². The quantitative estimate of drug-likeness (QED) is 0.164. The molecule has 0 heterocycles. The number of aliphatic hydroxyl groups is 1. The van der Waals surface area contributed by atoms with Gasteiger partial charge in [-0.15, -0.1) is 0 Å². The minimum atomic E-state index is -1.51. The molecule has 30 heavy (non-hydrogen) atoms. The lowest BCUT2D eigenvalue weighted by molar-refractivity contribution is -0.144. The Kier molecular flexibility index (Phi) is 11.6. The maximum absolute atomic E-state index is 12.5. The molecular weight excluding hydrogens is 398 g/mol. The van der Waals surface area contributed by atoms with Gasteiger partial charge in [-0.05, 0) is 11.8 Å². The highest BCUT2D eigenvalue weighted by molar-refractivity contribution is 5.96. The highest BCUT2D eigenvalue weighted by atomic mass is 16.4. The van der Waals surface area contributed by atoms with Crippen LogP contribution in [0.4, 0.5) is 0 Å². The topological polar surface area (TPSA) is 214 Å². The summed E-state index contributed by atoms with van der Waals surface area (Å²) in [6.07, 6.45) is 0.0446. The van der Waals surface area contributed by atoms with E-state index in [2.05, 4.69) is 16.0 Å². The molecule has 0 fully saturated rings. The van der Waals surface area contributed by atoms with Crippen LogP contribution in [0.1, 0.15) is 40.5 Å². The average Bonchev–Trinajstić information content (AvgIpc) is 2.66. The van der Waals surface area contributed by atoms with Gasteiger partial charge >= 0.3 is 5.97 Å². The molecule has 0 radical (unpaired) electrons. The van der Waals surface area contributed by atoms with Crippen LogP contribution in [-0.2, 0) is 24.0 Å². The Bertz CT molecular complexity index is 640. The summed E-state index contributed by atoms with van der Waals surface area (Å²) in [6, 6.07) is -5.10. The summed E-state index contributed by atoms with van der Waals surface area (Å²) in [4.78, 5) is 59.6. The van der Waals surface area contributed by atoms with Crippen molar-refractivity contribution < 1.29 is 34.2 Å². The minimum Gasteiger partial charge on any atom is -0.480 e. The van der Waals surface area contributed by atoms with Crippen molar-refractivity contribution in [1.82, 2.24) is 16.0 Å². The maximum Gasteiger partial charge on any atom is 0.326 e. The monoisotopic (exact) mass is 431 g/mol. The van der Waals surface area contributed by atoms with Crippen LogP contribution >= 0.6 is 0 Å². The number of aliphatic hydroxyl groups excluding tert-OH is 1. The van der Waals surface area contributed by atoms with Crippen molar-refractivity contribution in [1.29, 1.82) is 0 Å². The summed E-state index contributed by atoms with van der Waals surface area (Å²) in [5.41, 5.74) is 10.9. The van der Waals surface area contributed by atoms with Crippen molar-refractivity contribution in [3.63, 3.8) is 0 Å². The Morgan fingerprint density at radius 2 is 1.40 bits per heavy atom. The van der Waals surface area contributed by atoms with Crippen LogP contribution in [0.15, 0.2) is 0 Å². The molecule has 0 saturated heterocycles. The third-order valence-corrected chi connectivity index (χ3v) is 4.64. The van der Waals surface area contributed by atoms with Crippen LogP contribution in [0, 0.1) is 11.8 Å². The van der Waals surface area contributed by atoms with Gasteiger partial charge < -0.3 is 37.6 Å². The van der Waals surface area contributed by atoms with Gasteiger partial charge in [0.1, 0.15) is 18.1 Å². The molecule has 9 N–H and O–H groups in total. The van der Waals surface area contributed by atoms with Gasteiger partial charge in [0.15, 0.2) is 0 Å². The van der Waals surface area contributed by atoms with Gasteiger partial charge in [0.2, 0.25) is 23.6 Å². The summed E-state index contributed by atoms with van der Waals surface area (Å²) < 4.78 is 0. The van der Waals surface area contributed by atoms with Crippen LogP contribution in [0.2, 0.25) is 0 Å². The van der Waals surface area contributed by atoms with Gasteiger partial charge in [-0.3, -0.25) is 19.2 Å². The van der Waals surface area contributed by atoms with Gasteiger partial charge in [-0.1, -0.05) is 34.1 Å². The number of rotatable bonds is 13. The molecule has 5 unspecified atom stereocenters. The molecule has 12 nitrogen and oxygen atoms in total. The van der Waals surface area contributed by atoms with E-state index in [1.807, 2.05) is 6.92 Å². The van der Waals surface area contributed by atoms with Crippen LogP contribution in [0.25, 0.3) is 0 Å². The number of aliphatic carboxylic acids is 1. The second-order valence-corrected chi connectivity index (χ2v) is 7.46. The van der Waals surface area contributed by atoms with Crippen molar-refractivity contribution in [2.24, 2.45) is 23.3 Å². The second kappa shape index (κ2) is 12.8. The van der Waals surface area contributed by atoms with E-state index >= 15 is 0 Å². The number of carbonyl (C=O) groups excluding carboxylic acids is 4. The lowest BCUT2D eigenvalue weighted by Gasteiger charge is -2.25. The van der Waals surface area contributed by atoms with Crippen molar-refractivity contribution in [2.45, 2.75) is 64.7 Å². The molecule has 12 heteroatoms. The number of hydrogen-bond acceptors (Lipinski definition) is 7. The number of carboxylic acid groups (broad SMARTS) is 1. The van der Waals surface area contributed by atoms with Crippen molar-refractivity contribution in [3.05, 3.63) is 0 Å². The third-order valence-electron chi connectivity index (χ3n) is 4.64. The van der Waals surface area contributed by atoms with Gasteiger partial charge in [0.05, 0.1) is 19.1 Å². The normalized spacial score (nSPS) is 16.0. The smallest absolute Gasteiger partial charge is 0.326 e. The number of primary amides is 1. The van der Waals surface area contributed by atoms with Gasteiger partial charge in [-0.25, -0.2) is 4.79 Å². The summed E-state index contributed by atoms with van der Waals surface area (Å²) in [6.45, 7) is 5.88. The first-order chi connectivity index (χ1) is 13.8. The first-order valence-electron chi connectivity index (χ1n) is 9.64. The van der Waals surface area contributed by atoms with E-state index in [9.17, 15) is 29.1 Å². The molecule has 5 atom stereocenters. The molecule has 0 spiro atoms. The number of nitrogens with one attached hydrogen (secondary N) is 3. The summed E-state index contributed by atoms with van der Waals surface area (Å²) in [5.74, 6) is -5.38. The second-order valence-electron chi connectivity index (χ2n) is 7.46. The maximum atomic E-state index is 12.5. The predicted molar refractivity (Wildman–Crippen MR) is 107 cm³/mol. The molecule has 0 aliphatic carbocycles. The van der Waals surface area contributed by atoms with E-state index in [-0.39, 0.29) is 5.92 Å². The van der Waals surface area contributed by atoms with Crippen LogP contribution in [0.3, 0.4) is 0 Å². The minimum absolute atomic E-state index is 0.192. The lowest BCUT2D eigenvalue weighted by Crippen LogP contribution is -2.59. The highest BCUT2D eigenvalue weighted by Gasteiger charge is 2.32. The predicted octanol–water partition coefficient (Wildman–Crippen LogP) is -2.58. The Balaban J connectivity index is 5.30. The van der Waals surface area contributed by atoms with E-state index in [0.717, 1.165) is 0 Å². The van der Waals surface area contributed by atoms with Crippen molar-refractivity contribution >= 4 is 29.6 Å².